The summed E-state index contributed by atoms with van der Waals surface area (Å²) < 4.78 is 0. The zero-order valence-electron chi connectivity index (χ0n) is 16.2. The van der Waals surface area contributed by atoms with Gasteiger partial charge in [0.25, 0.3) is 0 Å². The summed E-state index contributed by atoms with van der Waals surface area (Å²) in [4.78, 5) is 28.1. The maximum atomic E-state index is 12.5. The van der Waals surface area contributed by atoms with E-state index in [0.717, 1.165) is 12.8 Å². The second-order valence-corrected chi connectivity index (χ2v) is 7.81. The van der Waals surface area contributed by atoms with Crippen LogP contribution in [0.5, 0.6) is 0 Å². The molecule has 0 aromatic rings. The van der Waals surface area contributed by atoms with Crippen LogP contribution in [0.4, 0.5) is 4.79 Å². The molecule has 3 amide bonds. The van der Waals surface area contributed by atoms with Gasteiger partial charge in [-0.1, -0.05) is 32.4 Å². The second-order valence-electron chi connectivity index (χ2n) is 7.81. The number of nitrogens with zero attached hydrogens (tertiary/aromatic N) is 2. The lowest BCUT2D eigenvalue weighted by Crippen LogP contribution is -2.53. The van der Waals surface area contributed by atoms with E-state index >= 15 is 0 Å². The molecule has 5 nitrogen and oxygen atoms in total. The van der Waals surface area contributed by atoms with Crippen LogP contribution in [0.1, 0.15) is 53.4 Å². The highest BCUT2D eigenvalue weighted by molar-refractivity contribution is 5.88. The number of hydrogen-bond acceptors (Lipinski definition) is 2. The average molecular weight is 348 g/mol. The highest BCUT2D eigenvalue weighted by Crippen LogP contribution is 2.40. The monoisotopic (exact) mass is 347 g/mol. The lowest BCUT2D eigenvalue weighted by molar-refractivity contribution is -0.127. The quantitative estimate of drug-likeness (QED) is 0.793. The van der Waals surface area contributed by atoms with Crippen molar-refractivity contribution in [1.29, 1.82) is 0 Å². The van der Waals surface area contributed by atoms with Crippen LogP contribution in [0.15, 0.2) is 23.3 Å². The van der Waals surface area contributed by atoms with E-state index in [2.05, 4.69) is 26.1 Å². The smallest absolute Gasteiger partial charge is 0.317 e. The Labute approximate surface area is 152 Å². The van der Waals surface area contributed by atoms with Crippen LogP contribution >= 0.6 is 0 Å². The van der Waals surface area contributed by atoms with Crippen LogP contribution in [0.3, 0.4) is 0 Å². The summed E-state index contributed by atoms with van der Waals surface area (Å²) >= 11 is 0. The van der Waals surface area contributed by atoms with Crippen molar-refractivity contribution >= 4 is 11.9 Å². The second kappa shape index (κ2) is 8.54. The summed E-state index contributed by atoms with van der Waals surface area (Å²) in [7, 11) is 0. The summed E-state index contributed by atoms with van der Waals surface area (Å²) in [6.07, 6.45) is 8.20. The number of nitrogens with one attached hydrogen (secondary N) is 1. The van der Waals surface area contributed by atoms with Gasteiger partial charge in [0, 0.05) is 38.8 Å². The Morgan fingerprint density at radius 3 is 2.40 bits per heavy atom. The normalized spacial score (nSPS) is 21.0. The summed E-state index contributed by atoms with van der Waals surface area (Å²) in [6, 6.07) is -0.0192. The van der Waals surface area contributed by atoms with Gasteiger partial charge in [0.05, 0.1) is 0 Å². The van der Waals surface area contributed by atoms with Gasteiger partial charge in [-0.2, -0.15) is 0 Å². The third-order valence-corrected chi connectivity index (χ3v) is 5.34. The van der Waals surface area contributed by atoms with Crippen molar-refractivity contribution in [2.45, 2.75) is 53.4 Å². The van der Waals surface area contributed by atoms with E-state index < -0.39 is 0 Å². The van der Waals surface area contributed by atoms with Gasteiger partial charge in [0.2, 0.25) is 5.91 Å². The summed E-state index contributed by atoms with van der Waals surface area (Å²) in [5.74, 6) is 0.0512. The molecule has 0 saturated carbocycles. The number of amides is 3. The lowest BCUT2D eigenvalue weighted by Gasteiger charge is -2.35. The van der Waals surface area contributed by atoms with Crippen molar-refractivity contribution in [1.82, 2.24) is 15.1 Å². The molecular weight excluding hydrogens is 314 g/mol. The number of allylic oxidation sites excluding steroid dienone is 3. The Kier molecular flexibility index (Phi) is 6.68. The average Bonchev–Trinajstić information content (AvgIpc) is 2.58. The molecule has 0 atom stereocenters. The number of hydrogen-bond donors (Lipinski definition) is 1. The van der Waals surface area contributed by atoms with E-state index in [-0.39, 0.29) is 17.4 Å². The van der Waals surface area contributed by atoms with E-state index in [4.69, 9.17) is 0 Å². The topological polar surface area (TPSA) is 52.7 Å². The number of carbonyl (C=O) groups is 2. The first-order valence-corrected chi connectivity index (χ1v) is 9.55. The summed E-state index contributed by atoms with van der Waals surface area (Å²) in [5.41, 5.74) is 2.86. The molecule has 0 spiro atoms. The highest BCUT2D eigenvalue weighted by Gasteiger charge is 2.27. The van der Waals surface area contributed by atoms with Crippen molar-refractivity contribution in [2.24, 2.45) is 5.41 Å². The standard InChI is InChI=1S/C20H33N3O2/c1-5-11-21-19(25)23-14-12-22(13-15-23)18(24)9-8-17-16(2)7-6-10-20(17,3)4/h8-9H,5-7,10-15H2,1-4H3,(H,21,25). The maximum Gasteiger partial charge on any atom is 0.317 e. The van der Waals surface area contributed by atoms with E-state index in [1.807, 2.05) is 17.9 Å². The fourth-order valence-corrected chi connectivity index (χ4v) is 3.74. The molecule has 5 heteroatoms. The van der Waals surface area contributed by atoms with Gasteiger partial charge in [-0.15, -0.1) is 0 Å². The van der Waals surface area contributed by atoms with Crippen molar-refractivity contribution < 1.29 is 9.59 Å². The molecule has 0 unspecified atom stereocenters. The maximum absolute atomic E-state index is 12.5. The molecule has 1 heterocycles. The van der Waals surface area contributed by atoms with E-state index in [0.29, 0.717) is 32.7 Å². The van der Waals surface area contributed by atoms with Crippen LogP contribution in [0.2, 0.25) is 0 Å². The molecule has 2 rings (SSSR count). The molecule has 1 N–H and O–H groups in total. The third-order valence-electron chi connectivity index (χ3n) is 5.34. The largest absolute Gasteiger partial charge is 0.338 e. The van der Waals surface area contributed by atoms with Crippen LogP contribution < -0.4 is 5.32 Å². The molecule has 1 aliphatic heterocycles. The van der Waals surface area contributed by atoms with Crippen LogP contribution in [0, 0.1) is 5.41 Å². The van der Waals surface area contributed by atoms with Gasteiger partial charge in [0.1, 0.15) is 0 Å². The minimum Gasteiger partial charge on any atom is -0.338 e. The SMILES string of the molecule is CCCNC(=O)N1CCN(C(=O)C=CC2=C(C)CCCC2(C)C)CC1. The molecule has 0 bridgehead atoms. The van der Waals surface area contributed by atoms with Crippen molar-refractivity contribution in [3.63, 3.8) is 0 Å². The van der Waals surface area contributed by atoms with Crippen LogP contribution in [-0.4, -0.2) is 54.5 Å². The fraction of sp³-hybridized carbons (Fsp3) is 0.700. The number of urea groups is 1. The molecule has 0 radical (unpaired) electrons. The van der Waals surface area contributed by atoms with E-state index in [1.165, 1.54) is 24.0 Å². The number of rotatable bonds is 4. The lowest BCUT2D eigenvalue weighted by atomic mass is 9.72. The number of carbonyl (C=O) groups excluding carboxylic acids is 2. The predicted octanol–water partition coefficient (Wildman–Crippen LogP) is 3.33. The van der Waals surface area contributed by atoms with Crippen molar-refractivity contribution in [2.75, 3.05) is 32.7 Å². The Balaban J connectivity index is 1.89. The summed E-state index contributed by atoms with van der Waals surface area (Å²) in [5, 5.41) is 2.89. The van der Waals surface area contributed by atoms with Crippen molar-refractivity contribution in [3.8, 4) is 0 Å². The van der Waals surface area contributed by atoms with Crippen LogP contribution in [-0.2, 0) is 4.79 Å². The van der Waals surface area contributed by atoms with Gasteiger partial charge in [0.15, 0.2) is 0 Å². The molecule has 1 aliphatic carbocycles. The Hall–Kier alpha value is -1.78. The molecule has 140 valence electrons. The molecular formula is C20H33N3O2. The minimum atomic E-state index is -0.0192. The minimum absolute atomic E-state index is 0.0192. The van der Waals surface area contributed by atoms with Crippen molar-refractivity contribution in [3.05, 3.63) is 23.3 Å². The fourth-order valence-electron chi connectivity index (χ4n) is 3.74. The molecule has 0 aromatic heterocycles. The van der Waals surface area contributed by atoms with Gasteiger partial charge in [-0.05, 0) is 43.6 Å². The molecule has 0 aromatic carbocycles. The van der Waals surface area contributed by atoms with Gasteiger partial charge in [-0.3, -0.25) is 4.79 Å². The predicted molar refractivity (Wildman–Crippen MR) is 101 cm³/mol. The Morgan fingerprint density at radius 1 is 1.16 bits per heavy atom. The van der Waals surface area contributed by atoms with E-state index in [9.17, 15) is 9.59 Å². The Bertz CT molecular complexity index is 555. The zero-order chi connectivity index (χ0) is 18.4. The highest BCUT2D eigenvalue weighted by atomic mass is 16.2. The molecule has 2 aliphatic rings. The summed E-state index contributed by atoms with van der Waals surface area (Å²) in [6.45, 7) is 11.8. The van der Waals surface area contributed by atoms with Crippen LogP contribution in [0.25, 0.3) is 0 Å². The first kappa shape index (κ1) is 19.5. The van der Waals surface area contributed by atoms with E-state index in [1.54, 1.807) is 11.0 Å². The number of piperazine rings is 1. The Morgan fingerprint density at radius 2 is 1.80 bits per heavy atom. The zero-order valence-corrected chi connectivity index (χ0v) is 16.2. The van der Waals surface area contributed by atoms with Gasteiger partial charge >= 0.3 is 6.03 Å². The third kappa shape index (κ3) is 5.10. The first-order chi connectivity index (χ1) is 11.8. The molecule has 1 fully saturated rings. The van der Waals surface area contributed by atoms with Gasteiger partial charge < -0.3 is 15.1 Å². The molecule has 25 heavy (non-hydrogen) atoms. The first-order valence-electron chi connectivity index (χ1n) is 9.55. The van der Waals surface area contributed by atoms with Gasteiger partial charge in [-0.25, -0.2) is 4.79 Å². The molecule has 1 saturated heterocycles.